The van der Waals surface area contributed by atoms with Crippen molar-refractivity contribution in [2.24, 2.45) is 5.92 Å². The average molecular weight is 330 g/mol. The molecular weight excluding hydrogens is 306 g/mol. The van der Waals surface area contributed by atoms with Crippen molar-refractivity contribution in [1.29, 1.82) is 0 Å². The number of benzene rings is 1. The summed E-state index contributed by atoms with van der Waals surface area (Å²) in [7, 11) is 1.52. The Labute approximate surface area is 137 Å². The van der Waals surface area contributed by atoms with Crippen LogP contribution in [0.1, 0.15) is 26.7 Å². The van der Waals surface area contributed by atoms with Crippen molar-refractivity contribution in [3.05, 3.63) is 18.2 Å². The molecule has 22 heavy (non-hydrogen) atoms. The van der Waals surface area contributed by atoms with E-state index in [-0.39, 0.29) is 30.8 Å². The highest BCUT2D eigenvalue weighted by molar-refractivity contribution is 5.95. The average Bonchev–Trinajstić information content (AvgIpc) is 2.43. The molecule has 0 fully saturated rings. The Balaban J connectivity index is 0.00000441. The van der Waals surface area contributed by atoms with Crippen LogP contribution in [-0.4, -0.2) is 25.5 Å². The van der Waals surface area contributed by atoms with Crippen LogP contribution in [-0.2, 0) is 9.59 Å². The Morgan fingerprint density at radius 3 is 2.50 bits per heavy atom. The van der Waals surface area contributed by atoms with Crippen molar-refractivity contribution in [2.75, 3.05) is 24.7 Å². The van der Waals surface area contributed by atoms with Crippen LogP contribution in [0.3, 0.4) is 0 Å². The van der Waals surface area contributed by atoms with Gasteiger partial charge in [0, 0.05) is 12.1 Å². The second-order valence-corrected chi connectivity index (χ2v) is 5.21. The number of rotatable bonds is 7. The number of nitrogens with one attached hydrogen (secondary N) is 2. The summed E-state index contributed by atoms with van der Waals surface area (Å²) in [6, 6.07) is 4.97. The van der Waals surface area contributed by atoms with Crippen LogP contribution in [0.2, 0.25) is 0 Å². The van der Waals surface area contributed by atoms with Crippen LogP contribution in [0.15, 0.2) is 18.2 Å². The van der Waals surface area contributed by atoms with Crippen LogP contribution < -0.4 is 21.1 Å². The topological polar surface area (TPSA) is 93.5 Å². The summed E-state index contributed by atoms with van der Waals surface area (Å²) in [6.45, 7) is 4.05. The first kappa shape index (κ1) is 20.1. The second kappa shape index (κ2) is 9.89. The zero-order chi connectivity index (χ0) is 15.8. The van der Waals surface area contributed by atoms with Crippen LogP contribution in [0.4, 0.5) is 11.4 Å². The van der Waals surface area contributed by atoms with Gasteiger partial charge >= 0.3 is 0 Å². The number of methoxy groups -OCH3 is 1. The molecule has 0 saturated heterocycles. The summed E-state index contributed by atoms with van der Waals surface area (Å²) in [5.74, 6) is 0.604. The second-order valence-electron chi connectivity index (χ2n) is 5.21. The minimum atomic E-state index is -0.294. The van der Waals surface area contributed by atoms with Gasteiger partial charge in [0.25, 0.3) is 0 Å². The normalized spacial score (nSPS) is 9.82. The van der Waals surface area contributed by atoms with Gasteiger partial charge in [-0.05, 0) is 30.5 Å². The fourth-order valence-corrected chi connectivity index (χ4v) is 1.70. The number of amides is 2. The Bertz CT molecular complexity index is 507. The maximum atomic E-state index is 11.7. The van der Waals surface area contributed by atoms with Gasteiger partial charge in [0.1, 0.15) is 5.75 Å². The molecule has 0 aliphatic heterocycles. The zero-order valence-electron chi connectivity index (χ0n) is 13.1. The number of carbonyl (C=O) groups excluding carboxylic acids is 2. The van der Waals surface area contributed by atoms with E-state index in [4.69, 9.17) is 10.5 Å². The van der Waals surface area contributed by atoms with Gasteiger partial charge in [-0.1, -0.05) is 13.8 Å². The third kappa shape index (κ3) is 7.17. The lowest BCUT2D eigenvalue weighted by Crippen LogP contribution is -2.32. The van der Waals surface area contributed by atoms with Crippen molar-refractivity contribution in [2.45, 2.75) is 26.7 Å². The maximum Gasteiger partial charge on any atom is 0.243 e. The molecule has 0 atom stereocenters. The molecule has 4 N–H and O–H groups in total. The molecule has 0 bridgehead atoms. The highest BCUT2D eigenvalue weighted by Gasteiger charge is 2.08. The van der Waals surface area contributed by atoms with Gasteiger partial charge in [-0.2, -0.15) is 0 Å². The molecule has 0 saturated carbocycles. The number of ether oxygens (including phenoxy) is 1. The first-order valence-corrected chi connectivity index (χ1v) is 6.92. The minimum Gasteiger partial charge on any atom is -0.495 e. The van der Waals surface area contributed by atoms with Crippen molar-refractivity contribution in [1.82, 2.24) is 5.32 Å². The first-order chi connectivity index (χ1) is 9.92. The number of anilines is 2. The molecule has 0 unspecified atom stereocenters. The van der Waals surface area contributed by atoms with E-state index in [2.05, 4.69) is 10.6 Å². The molecule has 7 heteroatoms. The largest absolute Gasteiger partial charge is 0.495 e. The molecule has 0 aliphatic carbocycles. The van der Waals surface area contributed by atoms with Gasteiger partial charge in [0.2, 0.25) is 11.8 Å². The van der Waals surface area contributed by atoms with E-state index in [0.29, 0.717) is 29.5 Å². The number of hydrogen-bond donors (Lipinski definition) is 3. The van der Waals surface area contributed by atoms with Gasteiger partial charge in [-0.25, -0.2) is 0 Å². The summed E-state index contributed by atoms with van der Waals surface area (Å²) in [6.07, 6.45) is 1.24. The van der Waals surface area contributed by atoms with E-state index in [1.165, 1.54) is 7.11 Å². The van der Waals surface area contributed by atoms with E-state index in [9.17, 15) is 9.59 Å². The molecule has 0 aliphatic rings. The van der Waals surface area contributed by atoms with E-state index < -0.39 is 0 Å². The van der Waals surface area contributed by atoms with Crippen molar-refractivity contribution < 1.29 is 14.3 Å². The number of hydrogen-bond acceptors (Lipinski definition) is 4. The quantitative estimate of drug-likeness (QED) is 0.668. The Hall–Kier alpha value is -1.95. The van der Waals surface area contributed by atoms with Crippen LogP contribution >= 0.6 is 12.4 Å². The molecule has 6 nitrogen and oxygen atoms in total. The van der Waals surface area contributed by atoms with Gasteiger partial charge in [0.05, 0.1) is 19.3 Å². The molecule has 0 aromatic heterocycles. The molecule has 0 spiro atoms. The third-order valence-corrected chi connectivity index (χ3v) is 2.91. The summed E-state index contributed by atoms with van der Waals surface area (Å²) in [5.41, 5.74) is 6.76. The van der Waals surface area contributed by atoms with Crippen molar-refractivity contribution >= 4 is 35.6 Å². The molecule has 124 valence electrons. The smallest absolute Gasteiger partial charge is 0.243 e. The molecule has 1 aromatic carbocycles. The first-order valence-electron chi connectivity index (χ1n) is 6.92. The fraction of sp³-hybridized carbons (Fsp3) is 0.467. The molecule has 1 aromatic rings. The summed E-state index contributed by atoms with van der Waals surface area (Å²) in [5, 5.41) is 5.25. The standard InChI is InChI=1S/C15H23N3O3.ClH/c1-10(2)4-7-14(19)17-9-15(20)18-11-5-6-13(21-3)12(16)8-11;/h5-6,8,10H,4,7,9,16H2,1-3H3,(H,17,19)(H,18,20);1H. The Morgan fingerprint density at radius 1 is 1.27 bits per heavy atom. The number of nitrogens with two attached hydrogens (primary N) is 1. The van der Waals surface area contributed by atoms with Crippen LogP contribution in [0, 0.1) is 5.92 Å². The predicted molar refractivity (Wildman–Crippen MR) is 90.4 cm³/mol. The van der Waals surface area contributed by atoms with Gasteiger partial charge in [0.15, 0.2) is 0 Å². The third-order valence-electron chi connectivity index (χ3n) is 2.91. The fourth-order valence-electron chi connectivity index (χ4n) is 1.70. The maximum absolute atomic E-state index is 11.7. The molecule has 0 radical (unpaired) electrons. The van der Waals surface area contributed by atoms with E-state index in [1.807, 2.05) is 13.8 Å². The highest BCUT2D eigenvalue weighted by Crippen LogP contribution is 2.24. The van der Waals surface area contributed by atoms with E-state index in [0.717, 1.165) is 6.42 Å². The monoisotopic (exact) mass is 329 g/mol. The Morgan fingerprint density at radius 2 is 1.95 bits per heavy atom. The minimum absolute atomic E-state index is 0. The summed E-state index contributed by atoms with van der Waals surface area (Å²) < 4.78 is 5.04. The lowest BCUT2D eigenvalue weighted by Gasteiger charge is -2.10. The molecular formula is C15H24ClN3O3. The zero-order valence-corrected chi connectivity index (χ0v) is 14.0. The van der Waals surface area contributed by atoms with Gasteiger partial charge < -0.3 is 21.1 Å². The SMILES string of the molecule is COc1ccc(NC(=O)CNC(=O)CCC(C)C)cc1N.Cl. The molecule has 1 rings (SSSR count). The van der Waals surface area contributed by atoms with Crippen LogP contribution in [0.25, 0.3) is 0 Å². The van der Waals surface area contributed by atoms with Gasteiger partial charge in [-0.3, -0.25) is 9.59 Å². The summed E-state index contributed by atoms with van der Waals surface area (Å²) in [4.78, 5) is 23.2. The lowest BCUT2D eigenvalue weighted by molar-refractivity contribution is -0.124. The van der Waals surface area contributed by atoms with Crippen molar-refractivity contribution in [3.8, 4) is 5.75 Å². The van der Waals surface area contributed by atoms with Gasteiger partial charge in [-0.15, -0.1) is 12.4 Å². The van der Waals surface area contributed by atoms with E-state index in [1.54, 1.807) is 18.2 Å². The molecule has 2 amide bonds. The summed E-state index contributed by atoms with van der Waals surface area (Å²) >= 11 is 0. The van der Waals surface area contributed by atoms with E-state index >= 15 is 0 Å². The number of nitrogen functional groups attached to an aromatic ring is 1. The predicted octanol–water partition coefficient (Wildman–Crippen LogP) is 2.19. The number of halogens is 1. The Kier molecular flexibility index (Phi) is 9.01. The lowest BCUT2D eigenvalue weighted by atomic mass is 10.1. The highest BCUT2D eigenvalue weighted by atomic mass is 35.5. The van der Waals surface area contributed by atoms with Crippen molar-refractivity contribution in [3.63, 3.8) is 0 Å². The number of carbonyl (C=O) groups is 2. The molecule has 0 heterocycles. The van der Waals surface area contributed by atoms with Crippen LogP contribution in [0.5, 0.6) is 5.75 Å².